The minimum Gasteiger partial charge on any atom is -0.493 e. The molecule has 0 aliphatic rings. The Morgan fingerprint density at radius 1 is 0.886 bits per heavy atom. The van der Waals surface area contributed by atoms with Crippen LogP contribution in [0.1, 0.15) is 12.5 Å². The van der Waals surface area contributed by atoms with Crippen LogP contribution in [0.2, 0.25) is 0 Å². The normalized spacial score (nSPS) is 11.4. The smallest absolute Gasteiger partial charge is 0.416 e. The van der Waals surface area contributed by atoms with Crippen molar-refractivity contribution in [2.24, 2.45) is 0 Å². The molecule has 0 saturated carbocycles. The van der Waals surface area contributed by atoms with Crippen LogP contribution in [0.5, 0.6) is 17.2 Å². The minimum atomic E-state index is -4.53. The first-order valence-corrected chi connectivity index (χ1v) is 10.3. The molecule has 180 valence electrons. The van der Waals surface area contributed by atoms with Crippen LogP contribution in [0.3, 0.4) is 0 Å². The molecular formula is C26H19F3O6. The Morgan fingerprint density at radius 3 is 2.09 bits per heavy atom. The molecule has 0 bridgehead atoms. The fraction of sp³-hybridized carbons (Fsp3) is 0.154. The second-order valence-electron chi connectivity index (χ2n) is 7.48. The SMILES string of the molecule is COc1cc2oc(-c3ccccc3)c(-c3ccc(C(F)(F)F)cc3)c(=O)c2c(OC)c1OC(C)=O. The molecule has 0 aliphatic carbocycles. The number of ether oxygens (including phenoxy) is 3. The molecule has 0 N–H and O–H groups in total. The number of benzene rings is 3. The summed E-state index contributed by atoms with van der Waals surface area (Å²) in [7, 11) is 2.63. The summed E-state index contributed by atoms with van der Waals surface area (Å²) in [5, 5.41) is -0.0564. The predicted molar refractivity (Wildman–Crippen MR) is 123 cm³/mol. The Bertz CT molecular complexity index is 1460. The van der Waals surface area contributed by atoms with Gasteiger partial charge < -0.3 is 18.6 Å². The molecule has 0 saturated heterocycles. The molecule has 4 rings (SSSR count). The van der Waals surface area contributed by atoms with Gasteiger partial charge in [-0.3, -0.25) is 9.59 Å². The highest BCUT2D eigenvalue weighted by Crippen LogP contribution is 2.45. The summed E-state index contributed by atoms with van der Waals surface area (Å²) in [6, 6.07) is 14.2. The zero-order valence-corrected chi connectivity index (χ0v) is 18.9. The summed E-state index contributed by atoms with van der Waals surface area (Å²) in [5.74, 6) is -0.653. The van der Waals surface area contributed by atoms with Crippen LogP contribution in [0, 0.1) is 0 Å². The fourth-order valence-corrected chi connectivity index (χ4v) is 3.75. The zero-order chi connectivity index (χ0) is 25.3. The average molecular weight is 484 g/mol. The van der Waals surface area contributed by atoms with Gasteiger partial charge in [0.2, 0.25) is 11.2 Å². The molecule has 4 aromatic rings. The highest BCUT2D eigenvalue weighted by molar-refractivity contribution is 5.96. The summed E-state index contributed by atoms with van der Waals surface area (Å²) in [6.45, 7) is 1.18. The van der Waals surface area contributed by atoms with Gasteiger partial charge in [0.1, 0.15) is 16.7 Å². The summed E-state index contributed by atoms with van der Waals surface area (Å²) in [5.41, 5.74) is -0.600. The van der Waals surface area contributed by atoms with Crippen LogP contribution >= 0.6 is 0 Å². The van der Waals surface area contributed by atoms with Crippen LogP contribution in [0.4, 0.5) is 13.2 Å². The van der Waals surface area contributed by atoms with Crippen molar-refractivity contribution in [3.63, 3.8) is 0 Å². The van der Waals surface area contributed by atoms with Gasteiger partial charge in [-0.15, -0.1) is 0 Å². The molecule has 0 radical (unpaired) electrons. The Kier molecular flexibility index (Phi) is 6.26. The van der Waals surface area contributed by atoms with Crippen LogP contribution < -0.4 is 19.6 Å². The summed E-state index contributed by atoms with van der Waals surface area (Å²) < 4.78 is 61.5. The van der Waals surface area contributed by atoms with E-state index in [1.165, 1.54) is 39.3 Å². The molecule has 1 aromatic heterocycles. The van der Waals surface area contributed by atoms with Gasteiger partial charge in [0.15, 0.2) is 11.5 Å². The van der Waals surface area contributed by atoms with Gasteiger partial charge in [0.05, 0.1) is 25.3 Å². The first kappa shape index (κ1) is 23.9. The number of hydrogen-bond acceptors (Lipinski definition) is 6. The number of halogens is 3. The maximum Gasteiger partial charge on any atom is 0.416 e. The number of alkyl halides is 3. The average Bonchev–Trinajstić information content (AvgIpc) is 2.83. The monoisotopic (exact) mass is 484 g/mol. The lowest BCUT2D eigenvalue weighted by molar-refractivity contribution is -0.137. The van der Waals surface area contributed by atoms with E-state index in [1.807, 2.05) is 0 Å². The Labute approximate surface area is 197 Å². The molecule has 0 fully saturated rings. The number of carbonyl (C=O) groups excluding carboxylic acids is 1. The van der Waals surface area contributed by atoms with E-state index in [0.717, 1.165) is 12.1 Å². The van der Waals surface area contributed by atoms with E-state index in [0.29, 0.717) is 5.56 Å². The van der Waals surface area contributed by atoms with Crippen LogP contribution in [-0.4, -0.2) is 20.2 Å². The second kappa shape index (κ2) is 9.17. The highest BCUT2D eigenvalue weighted by atomic mass is 19.4. The lowest BCUT2D eigenvalue weighted by atomic mass is 9.97. The maximum atomic E-state index is 13.9. The summed E-state index contributed by atoms with van der Waals surface area (Å²) >= 11 is 0. The third-order valence-corrected chi connectivity index (χ3v) is 5.27. The van der Waals surface area contributed by atoms with Gasteiger partial charge in [-0.1, -0.05) is 42.5 Å². The van der Waals surface area contributed by atoms with Crippen molar-refractivity contribution >= 4 is 16.9 Å². The van der Waals surface area contributed by atoms with Crippen LogP contribution in [0.15, 0.2) is 69.9 Å². The third kappa shape index (κ3) is 4.44. The Hall–Kier alpha value is -4.27. The molecule has 6 nitrogen and oxygen atoms in total. The van der Waals surface area contributed by atoms with E-state index in [2.05, 4.69) is 0 Å². The zero-order valence-electron chi connectivity index (χ0n) is 18.9. The van der Waals surface area contributed by atoms with E-state index in [1.54, 1.807) is 30.3 Å². The molecule has 0 spiro atoms. The number of methoxy groups -OCH3 is 2. The van der Waals surface area contributed by atoms with Crippen molar-refractivity contribution in [1.82, 2.24) is 0 Å². The van der Waals surface area contributed by atoms with E-state index >= 15 is 0 Å². The number of rotatable bonds is 5. The molecule has 0 amide bonds. The van der Waals surface area contributed by atoms with E-state index < -0.39 is 23.1 Å². The van der Waals surface area contributed by atoms with Gasteiger partial charge in [-0.2, -0.15) is 13.2 Å². The molecule has 1 heterocycles. The van der Waals surface area contributed by atoms with Gasteiger partial charge >= 0.3 is 12.1 Å². The van der Waals surface area contributed by atoms with E-state index in [-0.39, 0.29) is 45.1 Å². The number of fused-ring (bicyclic) bond motifs is 1. The predicted octanol–water partition coefficient (Wildman–Crippen LogP) is 6.09. The number of hydrogen-bond donors (Lipinski definition) is 0. The van der Waals surface area contributed by atoms with Crippen molar-refractivity contribution in [1.29, 1.82) is 0 Å². The molecule has 9 heteroatoms. The second-order valence-corrected chi connectivity index (χ2v) is 7.48. The van der Waals surface area contributed by atoms with Gasteiger partial charge in [0.25, 0.3) is 0 Å². The third-order valence-electron chi connectivity index (χ3n) is 5.27. The van der Waals surface area contributed by atoms with E-state index in [4.69, 9.17) is 18.6 Å². The minimum absolute atomic E-state index is 0.0228. The summed E-state index contributed by atoms with van der Waals surface area (Å²) in [4.78, 5) is 25.6. The maximum absolute atomic E-state index is 13.9. The molecule has 3 aromatic carbocycles. The Balaban J connectivity index is 2.11. The quantitative estimate of drug-likeness (QED) is 0.252. The standard InChI is InChI=1S/C26H19F3O6/c1-14(30)34-24-19(32-2)13-18-21(25(24)33-3)22(31)20(23(35-18)16-7-5-4-6-8-16)15-9-11-17(12-10-15)26(27,28)29/h4-13H,1-3H3. The van der Waals surface area contributed by atoms with Crippen molar-refractivity contribution in [3.05, 3.63) is 76.5 Å². The number of carbonyl (C=O) groups is 1. The highest BCUT2D eigenvalue weighted by Gasteiger charge is 2.31. The van der Waals surface area contributed by atoms with Crippen molar-refractivity contribution < 1.29 is 36.6 Å². The topological polar surface area (TPSA) is 75.0 Å². The Morgan fingerprint density at radius 2 is 1.54 bits per heavy atom. The first-order valence-electron chi connectivity index (χ1n) is 10.3. The molecule has 35 heavy (non-hydrogen) atoms. The van der Waals surface area contributed by atoms with Crippen molar-refractivity contribution in [2.75, 3.05) is 14.2 Å². The molecule has 0 unspecified atom stereocenters. The largest absolute Gasteiger partial charge is 0.493 e. The van der Waals surface area contributed by atoms with Crippen LogP contribution in [0.25, 0.3) is 33.4 Å². The molecular weight excluding hydrogens is 465 g/mol. The summed E-state index contributed by atoms with van der Waals surface area (Å²) in [6.07, 6.45) is -4.53. The molecule has 0 aliphatic heterocycles. The lowest BCUT2D eigenvalue weighted by Crippen LogP contribution is -2.12. The van der Waals surface area contributed by atoms with Gasteiger partial charge in [-0.25, -0.2) is 0 Å². The first-order chi connectivity index (χ1) is 16.7. The van der Waals surface area contributed by atoms with Crippen LogP contribution in [-0.2, 0) is 11.0 Å². The van der Waals surface area contributed by atoms with Crippen molar-refractivity contribution in [3.8, 4) is 39.7 Å². The van der Waals surface area contributed by atoms with Crippen molar-refractivity contribution in [2.45, 2.75) is 13.1 Å². The van der Waals surface area contributed by atoms with E-state index in [9.17, 15) is 22.8 Å². The lowest BCUT2D eigenvalue weighted by Gasteiger charge is -2.17. The molecule has 0 atom stereocenters. The fourth-order valence-electron chi connectivity index (χ4n) is 3.75. The number of esters is 1. The van der Waals surface area contributed by atoms with Gasteiger partial charge in [0, 0.05) is 18.6 Å². The van der Waals surface area contributed by atoms with Gasteiger partial charge in [-0.05, 0) is 17.7 Å².